The van der Waals surface area contributed by atoms with Gasteiger partial charge < -0.3 is 19.4 Å². The van der Waals surface area contributed by atoms with E-state index in [0.29, 0.717) is 16.5 Å². The van der Waals surface area contributed by atoms with E-state index in [1.807, 2.05) is 26.0 Å². The Hall–Kier alpha value is -3.38. The van der Waals surface area contributed by atoms with Gasteiger partial charge in [-0.15, -0.1) is 11.3 Å². The molecule has 0 saturated carbocycles. The van der Waals surface area contributed by atoms with Crippen LogP contribution in [-0.2, 0) is 38.4 Å². The van der Waals surface area contributed by atoms with Crippen LogP contribution in [0.15, 0.2) is 11.6 Å². The number of fused-ring (bicyclic) bond motifs is 1. The number of esters is 2. The first-order valence-electron chi connectivity index (χ1n) is 11.7. The topological polar surface area (TPSA) is 110 Å². The first kappa shape index (κ1) is 26.2. The Morgan fingerprint density at radius 1 is 1.26 bits per heavy atom. The Bertz CT molecular complexity index is 1210. The Labute approximate surface area is 209 Å². The molecule has 0 bridgehead atoms. The van der Waals surface area contributed by atoms with Crippen LogP contribution in [0.3, 0.4) is 0 Å². The molecule has 0 atom stereocenters. The fourth-order valence-electron chi connectivity index (χ4n) is 4.20. The molecule has 0 aromatic carbocycles. The maximum Gasteiger partial charge on any atom is 0.349 e. The number of carbonyl (C=O) groups excluding carboxylic acids is 3. The van der Waals surface area contributed by atoms with Crippen LogP contribution in [0.2, 0.25) is 0 Å². The van der Waals surface area contributed by atoms with Crippen LogP contribution in [0.5, 0.6) is 0 Å². The monoisotopic (exact) mass is 497 g/mol. The maximum atomic E-state index is 12.5. The van der Waals surface area contributed by atoms with Gasteiger partial charge in [0.1, 0.15) is 16.6 Å². The molecule has 1 N–H and O–H groups in total. The number of ether oxygens (including phenoxy) is 2. The van der Waals surface area contributed by atoms with Gasteiger partial charge >= 0.3 is 11.9 Å². The summed E-state index contributed by atoms with van der Waals surface area (Å²) in [5.74, 6) is -1.49. The third-order valence-electron chi connectivity index (χ3n) is 5.79. The number of hydrogen-bond donors (Lipinski definition) is 1. The second kappa shape index (κ2) is 11.4. The van der Waals surface area contributed by atoms with Crippen LogP contribution in [0.25, 0.3) is 6.08 Å². The van der Waals surface area contributed by atoms with Gasteiger partial charge in [-0.1, -0.05) is 13.8 Å². The molecule has 2 aromatic heterocycles. The minimum atomic E-state index is -0.879. The highest BCUT2D eigenvalue weighted by atomic mass is 32.1. The molecule has 3 rings (SSSR count). The van der Waals surface area contributed by atoms with Crippen molar-refractivity contribution in [2.45, 2.75) is 60.4 Å². The fraction of sp³-hybridized carbons (Fsp3) is 0.462. The summed E-state index contributed by atoms with van der Waals surface area (Å²) >= 11 is 1.35. The van der Waals surface area contributed by atoms with Crippen molar-refractivity contribution < 1.29 is 23.9 Å². The minimum absolute atomic E-state index is 0.190. The zero-order valence-corrected chi connectivity index (χ0v) is 21.6. The first-order valence-corrected chi connectivity index (χ1v) is 12.5. The minimum Gasteiger partial charge on any atom is -0.462 e. The summed E-state index contributed by atoms with van der Waals surface area (Å²) in [6, 6.07) is 3.79. The zero-order valence-electron chi connectivity index (χ0n) is 20.8. The molecule has 186 valence electrons. The van der Waals surface area contributed by atoms with Gasteiger partial charge in [-0.2, -0.15) is 5.26 Å². The summed E-state index contributed by atoms with van der Waals surface area (Å²) in [7, 11) is 0. The van der Waals surface area contributed by atoms with Gasteiger partial charge in [-0.05, 0) is 69.2 Å². The molecule has 0 radical (unpaired) electrons. The number of nitrogens with zero attached hydrogens (tertiary/aromatic N) is 2. The zero-order chi connectivity index (χ0) is 25.7. The summed E-state index contributed by atoms with van der Waals surface area (Å²) in [5.41, 5.74) is 3.86. The number of thiophene rings is 1. The predicted octanol–water partition coefficient (Wildman–Crippen LogP) is 4.58. The van der Waals surface area contributed by atoms with E-state index in [4.69, 9.17) is 9.47 Å². The highest BCUT2D eigenvalue weighted by Gasteiger charge is 2.28. The van der Waals surface area contributed by atoms with E-state index in [0.717, 1.165) is 53.2 Å². The van der Waals surface area contributed by atoms with E-state index in [9.17, 15) is 19.6 Å². The van der Waals surface area contributed by atoms with Crippen LogP contribution in [-0.4, -0.2) is 35.6 Å². The van der Waals surface area contributed by atoms with Gasteiger partial charge in [-0.25, -0.2) is 9.59 Å². The molecule has 1 amide bonds. The molecule has 1 aliphatic rings. The molecule has 2 heterocycles. The summed E-state index contributed by atoms with van der Waals surface area (Å²) in [5, 5.41) is 12.6. The number of nitrogens with one attached hydrogen (secondary N) is 1. The molecule has 0 spiro atoms. The van der Waals surface area contributed by atoms with Gasteiger partial charge in [-0.3, -0.25) is 4.79 Å². The van der Waals surface area contributed by atoms with Gasteiger partial charge in [0.05, 0.1) is 12.2 Å². The van der Waals surface area contributed by atoms with Gasteiger partial charge in [0, 0.05) is 22.8 Å². The van der Waals surface area contributed by atoms with Crippen molar-refractivity contribution in [1.82, 2.24) is 4.57 Å². The Morgan fingerprint density at radius 3 is 2.66 bits per heavy atom. The quantitative estimate of drug-likeness (QED) is 0.309. The average molecular weight is 498 g/mol. The molecular weight excluding hydrogens is 466 g/mol. The van der Waals surface area contributed by atoms with Gasteiger partial charge in [0.2, 0.25) is 0 Å². The fourth-order valence-corrected chi connectivity index (χ4v) is 5.49. The lowest BCUT2D eigenvalue weighted by atomic mass is 10.1. The summed E-state index contributed by atoms with van der Waals surface area (Å²) in [6.07, 6.45) is 4.06. The molecule has 0 aliphatic heterocycles. The van der Waals surface area contributed by atoms with Crippen LogP contribution >= 0.6 is 11.3 Å². The van der Waals surface area contributed by atoms with Crippen LogP contribution in [0.4, 0.5) is 5.00 Å². The van der Waals surface area contributed by atoms with Crippen molar-refractivity contribution in [1.29, 1.82) is 5.26 Å². The van der Waals surface area contributed by atoms with Crippen molar-refractivity contribution in [3.05, 3.63) is 44.6 Å². The third-order valence-corrected chi connectivity index (χ3v) is 7.00. The smallest absolute Gasteiger partial charge is 0.349 e. The number of rotatable bonds is 9. The molecule has 0 unspecified atom stereocenters. The first-order chi connectivity index (χ1) is 16.7. The summed E-state index contributed by atoms with van der Waals surface area (Å²) in [4.78, 5) is 38.5. The lowest BCUT2D eigenvalue weighted by Gasteiger charge is -2.12. The molecule has 35 heavy (non-hydrogen) atoms. The van der Waals surface area contributed by atoms with Gasteiger partial charge in [0.25, 0.3) is 5.91 Å². The summed E-state index contributed by atoms with van der Waals surface area (Å²) < 4.78 is 12.4. The number of hydrogen-bond acceptors (Lipinski definition) is 7. The highest BCUT2D eigenvalue weighted by molar-refractivity contribution is 7.17. The van der Waals surface area contributed by atoms with Crippen LogP contribution < -0.4 is 5.32 Å². The molecule has 1 aliphatic carbocycles. The van der Waals surface area contributed by atoms with Crippen molar-refractivity contribution in [3.63, 3.8) is 0 Å². The molecular formula is C26H31N3O5S. The summed E-state index contributed by atoms with van der Waals surface area (Å²) in [6.45, 7) is 10.4. The molecule has 9 heteroatoms. The molecule has 2 aromatic rings. The lowest BCUT2D eigenvalue weighted by molar-refractivity contribution is -0.142. The van der Waals surface area contributed by atoms with E-state index in [2.05, 4.69) is 23.7 Å². The molecule has 0 saturated heterocycles. The molecule has 8 nitrogen and oxygen atoms in total. The number of nitriles is 1. The Morgan fingerprint density at radius 2 is 2.00 bits per heavy atom. The van der Waals surface area contributed by atoms with Crippen molar-refractivity contribution >= 4 is 40.3 Å². The number of aromatic nitrogens is 1. The number of aryl methyl sites for hydroxylation is 2. The number of carbonyl (C=O) groups is 3. The normalized spacial score (nSPS) is 12.9. The van der Waals surface area contributed by atoms with Crippen molar-refractivity contribution in [2.75, 3.05) is 18.5 Å². The Kier molecular flexibility index (Phi) is 8.52. The van der Waals surface area contributed by atoms with Crippen LogP contribution in [0.1, 0.15) is 64.9 Å². The van der Waals surface area contributed by atoms with Crippen molar-refractivity contribution in [3.8, 4) is 6.07 Å². The Balaban J connectivity index is 1.68. The van der Waals surface area contributed by atoms with Gasteiger partial charge in [0.15, 0.2) is 6.61 Å². The maximum absolute atomic E-state index is 12.5. The third kappa shape index (κ3) is 6.01. The van der Waals surface area contributed by atoms with E-state index >= 15 is 0 Å². The number of anilines is 1. The molecule has 0 fully saturated rings. The van der Waals surface area contributed by atoms with E-state index in [1.54, 1.807) is 6.92 Å². The van der Waals surface area contributed by atoms with E-state index in [-0.39, 0.29) is 12.2 Å². The van der Waals surface area contributed by atoms with E-state index < -0.39 is 24.5 Å². The number of amides is 1. The van der Waals surface area contributed by atoms with E-state index in [1.165, 1.54) is 17.4 Å². The largest absolute Gasteiger partial charge is 0.462 e. The second-order valence-corrected chi connectivity index (χ2v) is 10.0. The predicted molar refractivity (Wildman–Crippen MR) is 134 cm³/mol. The second-order valence-electron chi connectivity index (χ2n) is 8.91. The SMILES string of the molecule is CCOC(=O)c1c(NC(=O)COC(=O)C(C#N)=Cc2cc(C)n(CC(C)C)c2C)sc2c1CCC2. The standard InChI is InChI=1S/C26H31N3O5S/c1-6-33-26(32)23-20-8-7-9-21(20)35-24(23)28-22(30)14-34-25(31)19(12-27)11-18-10-16(4)29(17(18)5)13-15(2)3/h10-11,15H,6-9,13-14H2,1-5H3,(H,28,30). The van der Waals surface area contributed by atoms with Crippen LogP contribution in [0, 0.1) is 31.1 Å². The highest BCUT2D eigenvalue weighted by Crippen LogP contribution is 2.39. The average Bonchev–Trinajstić information content (AvgIpc) is 3.45. The van der Waals surface area contributed by atoms with Crippen molar-refractivity contribution in [2.24, 2.45) is 5.92 Å². The lowest BCUT2D eigenvalue weighted by Crippen LogP contribution is -2.22.